The third-order valence-corrected chi connectivity index (χ3v) is 5.93. The molecule has 1 aliphatic heterocycles. The smallest absolute Gasteiger partial charge is 0.254 e. The zero-order valence-corrected chi connectivity index (χ0v) is 18.0. The Morgan fingerprint density at radius 3 is 2.62 bits per heavy atom. The molecule has 156 valence electrons. The summed E-state index contributed by atoms with van der Waals surface area (Å²) >= 11 is 1.14. The van der Waals surface area contributed by atoms with Gasteiger partial charge in [-0.05, 0) is 57.9 Å². The van der Waals surface area contributed by atoms with Crippen molar-refractivity contribution in [3.05, 3.63) is 45.6 Å². The van der Waals surface area contributed by atoms with Crippen molar-refractivity contribution in [1.82, 2.24) is 5.32 Å². The van der Waals surface area contributed by atoms with E-state index < -0.39 is 11.6 Å². The average molecular weight is 421 g/mol. The lowest BCUT2D eigenvalue weighted by molar-refractivity contribution is -0.137. The fourth-order valence-electron chi connectivity index (χ4n) is 3.21. The van der Waals surface area contributed by atoms with Crippen LogP contribution in [0.2, 0.25) is 0 Å². The van der Waals surface area contributed by atoms with Crippen molar-refractivity contribution < 1.29 is 23.5 Å². The van der Waals surface area contributed by atoms with Gasteiger partial charge in [0, 0.05) is 6.54 Å². The Labute approximate surface area is 173 Å². The molecular weight excluding hydrogens is 395 g/mol. The van der Waals surface area contributed by atoms with Gasteiger partial charge in [-0.1, -0.05) is 6.07 Å². The highest BCUT2D eigenvalue weighted by Gasteiger charge is 2.33. The third-order valence-electron chi connectivity index (χ3n) is 4.62. The van der Waals surface area contributed by atoms with E-state index in [1.807, 2.05) is 13.8 Å². The molecule has 1 saturated heterocycles. The first-order valence-corrected chi connectivity index (χ1v) is 10.2. The summed E-state index contributed by atoms with van der Waals surface area (Å²) in [6.45, 7) is 9.24. The number of hydrogen-bond donors (Lipinski definition) is 2. The highest BCUT2D eigenvalue weighted by molar-refractivity contribution is 7.18. The van der Waals surface area contributed by atoms with Crippen LogP contribution < -0.4 is 10.6 Å². The fourth-order valence-corrected chi connectivity index (χ4v) is 4.33. The Hall–Kier alpha value is -2.29. The Kier molecular flexibility index (Phi) is 6.07. The van der Waals surface area contributed by atoms with Crippen LogP contribution in [0.25, 0.3) is 0 Å². The molecular formula is C21H25FN2O4S. The molecule has 0 spiro atoms. The van der Waals surface area contributed by atoms with Gasteiger partial charge in [-0.3, -0.25) is 9.59 Å². The summed E-state index contributed by atoms with van der Waals surface area (Å²) in [7, 11) is 0. The predicted octanol–water partition coefficient (Wildman–Crippen LogP) is 4.33. The normalized spacial score (nSPS) is 17.9. The van der Waals surface area contributed by atoms with Crippen molar-refractivity contribution in [2.75, 3.05) is 18.5 Å². The lowest BCUT2D eigenvalue weighted by Gasteiger charge is -2.17. The minimum absolute atomic E-state index is 0.145. The lowest BCUT2D eigenvalue weighted by atomic mass is 10.1. The first-order valence-electron chi connectivity index (χ1n) is 9.35. The van der Waals surface area contributed by atoms with Crippen LogP contribution in [-0.4, -0.2) is 36.7 Å². The number of thiophene rings is 1. The molecule has 0 saturated carbocycles. The zero-order valence-electron chi connectivity index (χ0n) is 17.1. The molecule has 1 amide bonds. The third kappa shape index (κ3) is 4.83. The number of rotatable bonds is 6. The van der Waals surface area contributed by atoms with Crippen LogP contribution in [0.15, 0.2) is 18.2 Å². The van der Waals surface area contributed by atoms with Gasteiger partial charge in [0.15, 0.2) is 11.6 Å². The number of carbonyl (C=O) groups excluding carboxylic acids is 2. The number of hydrogen-bond acceptors (Lipinski definition) is 6. The molecule has 2 aromatic rings. The maximum Gasteiger partial charge on any atom is 0.254 e. The molecule has 3 rings (SSSR count). The van der Waals surface area contributed by atoms with E-state index in [-0.39, 0.29) is 30.0 Å². The van der Waals surface area contributed by atoms with Gasteiger partial charge in [0.1, 0.15) is 16.9 Å². The minimum atomic E-state index is -0.675. The van der Waals surface area contributed by atoms with E-state index in [0.717, 1.165) is 16.9 Å². The van der Waals surface area contributed by atoms with Gasteiger partial charge in [-0.25, -0.2) is 4.39 Å². The summed E-state index contributed by atoms with van der Waals surface area (Å²) in [6, 6.07) is 4.80. The van der Waals surface area contributed by atoms with Gasteiger partial charge in [-0.15, -0.1) is 11.3 Å². The summed E-state index contributed by atoms with van der Waals surface area (Å²) in [5.41, 5.74) is 1.94. The van der Waals surface area contributed by atoms with E-state index in [1.165, 1.54) is 13.0 Å². The van der Waals surface area contributed by atoms with Gasteiger partial charge < -0.3 is 20.1 Å². The van der Waals surface area contributed by atoms with Crippen LogP contribution in [0.5, 0.6) is 0 Å². The topological polar surface area (TPSA) is 76.7 Å². The molecule has 2 N–H and O–H groups in total. The second-order valence-electron chi connectivity index (χ2n) is 7.59. The Morgan fingerprint density at radius 2 is 2.03 bits per heavy atom. The number of nitrogens with one attached hydrogen (secondary N) is 2. The van der Waals surface area contributed by atoms with Crippen molar-refractivity contribution >= 4 is 33.7 Å². The molecule has 1 aliphatic rings. The second-order valence-corrected chi connectivity index (χ2v) is 8.61. The molecule has 0 aliphatic carbocycles. The number of Topliss-reactive ketones (excluding diaryl/α,β-unsaturated/α-hetero) is 1. The number of amides is 1. The van der Waals surface area contributed by atoms with Crippen molar-refractivity contribution in [1.29, 1.82) is 0 Å². The number of halogens is 1. The summed E-state index contributed by atoms with van der Waals surface area (Å²) in [6.07, 6.45) is -0.258. The van der Waals surface area contributed by atoms with Crippen LogP contribution in [0.4, 0.5) is 15.1 Å². The Morgan fingerprint density at radius 1 is 1.31 bits per heavy atom. The maximum atomic E-state index is 14.3. The van der Waals surface area contributed by atoms with Gasteiger partial charge in [-0.2, -0.15) is 0 Å². The molecule has 6 nitrogen and oxygen atoms in total. The predicted molar refractivity (Wildman–Crippen MR) is 111 cm³/mol. The molecule has 8 heteroatoms. The monoisotopic (exact) mass is 420 g/mol. The SMILES string of the molecule is CC(=O)c1sc(Nc2ccc(C)cc2F)c(C(=O)NC[C@H]2COC(C)(C)O2)c1C. The number of ketones is 1. The largest absolute Gasteiger partial charge is 0.349 e. The van der Waals surface area contributed by atoms with Crippen LogP contribution >= 0.6 is 11.3 Å². The second kappa shape index (κ2) is 8.22. The molecule has 29 heavy (non-hydrogen) atoms. The van der Waals surface area contributed by atoms with Crippen molar-refractivity contribution in [2.45, 2.75) is 46.5 Å². The molecule has 2 heterocycles. The Balaban J connectivity index is 1.84. The first-order chi connectivity index (χ1) is 13.6. The number of benzene rings is 1. The van der Waals surface area contributed by atoms with E-state index in [0.29, 0.717) is 27.6 Å². The Bertz CT molecular complexity index is 954. The molecule has 1 aromatic heterocycles. The standard InChI is InChI=1S/C21H25FN2O4S/c1-11-6-7-16(15(22)8-11)24-20-17(12(2)18(29-20)13(3)25)19(26)23-9-14-10-27-21(4,5)28-14/h6-8,14,24H,9-10H2,1-5H3,(H,23,26)/t14-/m0/s1. The van der Waals surface area contributed by atoms with E-state index >= 15 is 0 Å². The van der Waals surface area contributed by atoms with Crippen LogP contribution in [0.1, 0.15) is 51.9 Å². The van der Waals surface area contributed by atoms with Crippen molar-refractivity contribution in [3.8, 4) is 0 Å². The molecule has 0 unspecified atom stereocenters. The molecule has 1 atom stereocenters. The number of aryl methyl sites for hydroxylation is 1. The van der Waals surface area contributed by atoms with Gasteiger partial charge in [0.05, 0.1) is 22.7 Å². The van der Waals surface area contributed by atoms with Crippen molar-refractivity contribution in [3.63, 3.8) is 0 Å². The number of ether oxygens (including phenoxy) is 2. The zero-order chi connectivity index (χ0) is 21.3. The lowest BCUT2D eigenvalue weighted by Crippen LogP contribution is -2.34. The molecule has 1 aromatic carbocycles. The fraction of sp³-hybridized carbons (Fsp3) is 0.429. The maximum absolute atomic E-state index is 14.3. The van der Waals surface area contributed by atoms with Crippen LogP contribution in [-0.2, 0) is 9.47 Å². The van der Waals surface area contributed by atoms with Gasteiger partial charge in [0.2, 0.25) is 0 Å². The molecule has 0 bridgehead atoms. The highest BCUT2D eigenvalue weighted by atomic mass is 32.1. The van der Waals surface area contributed by atoms with Crippen LogP contribution in [0, 0.1) is 19.7 Å². The van der Waals surface area contributed by atoms with E-state index in [9.17, 15) is 14.0 Å². The summed E-state index contributed by atoms with van der Waals surface area (Å²) in [5, 5.41) is 6.25. The summed E-state index contributed by atoms with van der Waals surface area (Å²) in [5.74, 6) is -1.60. The first kappa shape index (κ1) is 21.4. The molecule has 1 fully saturated rings. The van der Waals surface area contributed by atoms with E-state index in [1.54, 1.807) is 26.0 Å². The average Bonchev–Trinajstić information content (AvgIpc) is 3.14. The van der Waals surface area contributed by atoms with E-state index in [4.69, 9.17) is 9.47 Å². The van der Waals surface area contributed by atoms with Crippen LogP contribution in [0.3, 0.4) is 0 Å². The van der Waals surface area contributed by atoms with Gasteiger partial charge >= 0.3 is 0 Å². The minimum Gasteiger partial charge on any atom is -0.349 e. The van der Waals surface area contributed by atoms with Gasteiger partial charge in [0.25, 0.3) is 5.91 Å². The van der Waals surface area contributed by atoms with Crippen molar-refractivity contribution in [2.24, 2.45) is 0 Å². The number of anilines is 2. The molecule has 0 radical (unpaired) electrons. The number of carbonyl (C=O) groups is 2. The summed E-state index contributed by atoms with van der Waals surface area (Å²) in [4.78, 5) is 25.4. The van der Waals surface area contributed by atoms with E-state index in [2.05, 4.69) is 10.6 Å². The highest BCUT2D eigenvalue weighted by Crippen LogP contribution is 2.36. The summed E-state index contributed by atoms with van der Waals surface area (Å²) < 4.78 is 25.5. The quantitative estimate of drug-likeness (QED) is 0.680.